The lowest BCUT2D eigenvalue weighted by Gasteiger charge is -2.32. The summed E-state index contributed by atoms with van der Waals surface area (Å²) in [5, 5.41) is 7.40. The van der Waals surface area contributed by atoms with Crippen molar-refractivity contribution in [3.63, 3.8) is 0 Å². The maximum absolute atomic E-state index is 5.87. The fourth-order valence-electron chi connectivity index (χ4n) is 2.43. The van der Waals surface area contributed by atoms with E-state index in [0.29, 0.717) is 0 Å². The third-order valence-corrected chi connectivity index (χ3v) is 4.14. The van der Waals surface area contributed by atoms with E-state index in [9.17, 15) is 0 Å². The molecule has 0 spiro atoms. The molecule has 1 atom stereocenters. The number of hydrogen-bond acceptors (Lipinski definition) is 6. The lowest BCUT2D eigenvalue weighted by atomic mass is 10.2. The fraction of sp³-hybridized carbons (Fsp3) is 0.429. The summed E-state index contributed by atoms with van der Waals surface area (Å²) in [5.74, 6) is 0.801. The highest BCUT2D eigenvalue weighted by Gasteiger charge is 2.25. The van der Waals surface area contributed by atoms with Crippen LogP contribution in [-0.4, -0.2) is 41.6 Å². The van der Waals surface area contributed by atoms with Crippen LogP contribution in [-0.2, 0) is 11.3 Å². The highest BCUT2D eigenvalue weighted by molar-refractivity contribution is 7.07. The molecule has 106 valence electrons. The minimum Gasteiger partial charge on any atom is -0.372 e. The lowest BCUT2D eigenvalue weighted by Crippen LogP contribution is -2.38. The summed E-state index contributed by atoms with van der Waals surface area (Å²) in [6.45, 7) is 3.51. The Bertz CT molecular complexity index is 546. The standard InChI is InChI=1S/C14H18N4OS/c1-15-14-13(16-3-4-17-14)12-9-18(5-6-19-12)8-11-2-7-20-10-11/h2-4,7,10,12H,5-6,8-9H2,1H3,(H,15,17)/t12-/m1/s1. The molecule has 5 nitrogen and oxygen atoms in total. The molecule has 0 radical (unpaired) electrons. The normalized spacial score (nSPS) is 19.9. The molecule has 0 saturated carbocycles. The van der Waals surface area contributed by atoms with Crippen LogP contribution in [0.25, 0.3) is 0 Å². The molecule has 1 saturated heterocycles. The second-order valence-electron chi connectivity index (χ2n) is 4.77. The van der Waals surface area contributed by atoms with E-state index in [1.807, 2.05) is 7.05 Å². The maximum atomic E-state index is 5.87. The number of morpholine rings is 1. The Kier molecular flexibility index (Phi) is 4.25. The van der Waals surface area contributed by atoms with Crippen molar-refractivity contribution in [3.8, 4) is 0 Å². The summed E-state index contributed by atoms with van der Waals surface area (Å²) < 4.78 is 5.87. The molecule has 1 aliphatic rings. The van der Waals surface area contributed by atoms with Crippen LogP contribution >= 0.6 is 11.3 Å². The Hall–Kier alpha value is -1.50. The van der Waals surface area contributed by atoms with Crippen LogP contribution in [0.15, 0.2) is 29.2 Å². The van der Waals surface area contributed by atoms with Crippen LogP contribution in [0.5, 0.6) is 0 Å². The van der Waals surface area contributed by atoms with Gasteiger partial charge in [0.15, 0.2) is 0 Å². The minimum atomic E-state index is -0.0152. The molecule has 1 aliphatic heterocycles. The molecule has 3 heterocycles. The van der Waals surface area contributed by atoms with Gasteiger partial charge in [-0.25, -0.2) is 4.98 Å². The summed E-state index contributed by atoms with van der Waals surface area (Å²) in [4.78, 5) is 11.1. The van der Waals surface area contributed by atoms with Gasteiger partial charge in [0.25, 0.3) is 0 Å². The number of hydrogen-bond donors (Lipinski definition) is 1. The van der Waals surface area contributed by atoms with Gasteiger partial charge >= 0.3 is 0 Å². The molecule has 20 heavy (non-hydrogen) atoms. The van der Waals surface area contributed by atoms with Crippen LogP contribution in [0.3, 0.4) is 0 Å². The van der Waals surface area contributed by atoms with Crippen molar-refractivity contribution in [3.05, 3.63) is 40.5 Å². The molecule has 0 amide bonds. The largest absolute Gasteiger partial charge is 0.372 e. The first-order valence-electron chi connectivity index (χ1n) is 6.70. The van der Waals surface area contributed by atoms with Crippen molar-refractivity contribution in [1.29, 1.82) is 0 Å². The van der Waals surface area contributed by atoms with E-state index in [0.717, 1.165) is 37.8 Å². The van der Waals surface area contributed by atoms with Gasteiger partial charge in [0.05, 0.1) is 6.61 Å². The summed E-state index contributed by atoms with van der Waals surface area (Å²) in [6.07, 6.45) is 3.40. The first-order chi connectivity index (χ1) is 9.86. The van der Waals surface area contributed by atoms with Crippen LogP contribution in [0.2, 0.25) is 0 Å². The van der Waals surface area contributed by atoms with Crippen LogP contribution in [0, 0.1) is 0 Å². The van der Waals surface area contributed by atoms with E-state index in [4.69, 9.17) is 4.74 Å². The van der Waals surface area contributed by atoms with E-state index >= 15 is 0 Å². The van der Waals surface area contributed by atoms with E-state index < -0.39 is 0 Å². The number of aromatic nitrogens is 2. The maximum Gasteiger partial charge on any atom is 0.150 e. The topological polar surface area (TPSA) is 50.3 Å². The summed E-state index contributed by atoms with van der Waals surface area (Å²) >= 11 is 1.74. The van der Waals surface area contributed by atoms with Gasteiger partial charge in [-0.05, 0) is 22.4 Å². The van der Waals surface area contributed by atoms with Crippen LogP contribution in [0.4, 0.5) is 5.82 Å². The SMILES string of the molecule is CNc1nccnc1[C@H]1CN(Cc2ccsc2)CCO1. The van der Waals surface area contributed by atoms with Crippen molar-refractivity contribution in [2.75, 3.05) is 32.1 Å². The molecular formula is C14H18N4OS. The van der Waals surface area contributed by atoms with Gasteiger partial charge in [0, 0.05) is 39.1 Å². The van der Waals surface area contributed by atoms with Gasteiger partial charge in [-0.1, -0.05) is 0 Å². The molecule has 0 bridgehead atoms. The zero-order valence-corrected chi connectivity index (χ0v) is 12.3. The number of nitrogens with one attached hydrogen (secondary N) is 1. The highest BCUT2D eigenvalue weighted by Crippen LogP contribution is 2.25. The van der Waals surface area contributed by atoms with E-state index in [-0.39, 0.29) is 6.10 Å². The molecule has 0 aliphatic carbocycles. The predicted octanol–water partition coefficient (Wildman–Crippen LogP) is 2.15. The van der Waals surface area contributed by atoms with Crippen LogP contribution in [0.1, 0.15) is 17.4 Å². The molecule has 0 aromatic carbocycles. The van der Waals surface area contributed by atoms with E-state index in [1.54, 1.807) is 23.7 Å². The molecular weight excluding hydrogens is 272 g/mol. The Morgan fingerprint density at radius 3 is 3.15 bits per heavy atom. The number of anilines is 1. The Morgan fingerprint density at radius 2 is 2.35 bits per heavy atom. The van der Waals surface area contributed by atoms with Crippen molar-refractivity contribution in [2.24, 2.45) is 0 Å². The van der Waals surface area contributed by atoms with Gasteiger partial charge in [-0.3, -0.25) is 9.88 Å². The molecule has 0 unspecified atom stereocenters. The van der Waals surface area contributed by atoms with E-state index in [2.05, 4.69) is 37.0 Å². The third-order valence-electron chi connectivity index (χ3n) is 3.41. The quantitative estimate of drug-likeness (QED) is 0.935. The van der Waals surface area contributed by atoms with Gasteiger partial charge < -0.3 is 10.1 Å². The Labute approximate surface area is 122 Å². The first-order valence-corrected chi connectivity index (χ1v) is 7.65. The van der Waals surface area contributed by atoms with E-state index in [1.165, 1.54) is 5.56 Å². The second kappa shape index (κ2) is 6.30. The average molecular weight is 290 g/mol. The smallest absolute Gasteiger partial charge is 0.150 e. The number of thiophene rings is 1. The molecule has 3 rings (SSSR count). The highest BCUT2D eigenvalue weighted by atomic mass is 32.1. The second-order valence-corrected chi connectivity index (χ2v) is 5.55. The first kappa shape index (κ1) is 13.5. The van der Waals surface area contributed by atoms with Crippen molar-refractivity contribution >= 4 is 17.2 Å². The van der Waals surface area contributed by atoms with Crippen molar-refractivity contribution in [1.82, 2.24) is 14.9 Å². The molecule has 1 N–H and O–H groups in total. The number of ether oxygens (including phenoxy) is 1. The van der Waals surface area contributed by atoms with Crippen LogP contribution < -0.4 is 5.32 Å². The Morgan fingerprint density at radius 1 is 1.45 bits per heavy atom. The summed E-state index contributed by atoms with van der Waals surface area (Å²) in [5.41, 5.74) is 2.26. The molecule has 2 aromatic heterocycles. The summed E-state index contributed by atoms with van der Waals surface area (Å²) in [7, 11) is 1.86. The number of rotatable bonds is 4. The molecule has 1 fully saturated rings. The van der Waals surface area contributed by atoms with Gasteiger partial charge in [0.2, 0.25) is 0 Å². The zero-order chi connectivity index (χ0) is 13.8. The average Bonchev–Trinajstić information content (AvgIpc) is 3.00. The zero-order valence-electron chi connectivity index (χ0n) is 11.5. The monoisotopic (exact) mass is 290 g/mol. The molecule has 2 aromatic rings. The molecule has 6 heteroatoms. The Balaban J connectivity index is 1.71. The predicted molar refractivity (Wildman–Crippen MR) is 79.9 cm³/mol. The third kappa shape index (κ3) is 2.98. The fourth-order valence-corrected chi connectivity index (χ4v) is 3.09. The van der Waals surface area contributed by atoms with Gasteiger partial charge in [-0.2, -0.15) is 11.3 Å². The van der Waals surface area contributed by atoms with Gasteiger partial charge in [-0.15, -0.1) is 0 Å². The van der Waals surface area contributed by atoms with Crippen molar-refractivity contribution in [2.45, 2.75) is 12.6 Å². The summed E-state index contributed by atoms with van der Waals surface area (Å²) in [6, 6.07) is 2.18. The number of nitrogens with zero attached hydrogens (tertiary/aromatic N) is 3. The van der Waals surface area contributed by atoms with Gasteiger partial charge in [0.1, 0.15) is 17.6 Å². The lowest BCUT2D eigenvalue weighted by molar-refractivity contribution is -0.0347. The minimum absolute atomic E-state index is 0.0152. The van der Waals surface area contributed by atoms with Crippen molar-refractivity contribution < 1.29 is 4.74 Å².